The molecular weight excluding hydrogens is 236 g/mol. The Bertz CT molecular complexity index is 323. The van der Waals surface area contributed by atoms with Crippen LogP contribution in [-0.2, 0) is 19.1 Å². The SMILES string of the molecule is COC(OC(=O)C1(C(=O)O)CCCC1)C(C)(C)C. The van der Waals surface area contributed by atoms with Gasteiger partial charge in [0.25, 0.3) is 0 Å². The lowest BCUT2D eigenvalue weighted by atomic mass is 9.86. The van der Waals surface area contributed by atoms with Crippen molar-refractivity contribution in [3.05, 3.63) is 0 Å². The molecule has 0 aromatic heterocycles. The maximum atomic E-state index is 12.1. The highest BCUT2D eigenvalue weighted by Crippen LogP contribution is 2.40. The minimum Gasteiger partial charge on any atom is -0.480 e. The molecule has 0 aromatic rings. The van der Waals surface area contributed by atoms with Gasteiger partial charge in [-0.05, 0) is 12.8 Å². The summed E-state index contributed by atoms with van der Waals surface area (Å²) in [6.07, 6.45) is 1.45. The minimum atomic E-state index is -1.37. The zero-order valence-corrected chi connectivity index (χ0v) is 11.5. The van der Waals surface area contributed by atoms with E-state index in [4.69, 9.17) is 9.47 Å². The quantitative estimate of drug-likeness (QED) is 0.475. The topological polar surface area (TPSA) is 72.8 Å². The first-order valence-corrected chi connectivity index (χ1v) is 6.21. The van der Waals surface area contributed by atoms with Crippen molar-refractivity contribution in [1.82, 2.24) is 0 Å². The number of aliphatic carboxylic acids is 1. The third kappa shape index (κ3) is 2.83. The fourth-order valence-electron chi connectivity index (χ4n) is 2.27. The first-order valence-electron chi connectivity index (χ1n) is 6.21. The molecule has 0 amide bonds. The number of carbonyl (C=O) groups excluding carboxylic acids is 1. The van der Waals surface area contributed by atoms with Crippen LogP contribution in [0.15, 0.2) is 0 Å². The van der Waals surface area contributed by atoms with E-state index in [-0.39, 0.29) is 5.41 Å². The number of esters is 1. The van der Waals surface area contributed by atoms with Crippen molar-refractivity contribution < 1.29 is 24.2 Å². The summed E-state index contributed by atoms with van der Waals surface area (Å²) in [6.45, 7) is 5.61. The maximum Gasteiger partial charge on any atom is 0.325 e. The van der Waals surface area contributed by atoms with Crippen LogP contribution >= 0.6 is 0 Å². The molecule has 1 unspecified atom stereocenters. The Morgan fingerprint density at radius 1 is 1.22 bits per heavy atom. The lowest BCUT2D eigenvalue weighted by Gasteiger charge is -2.31. The van der Waals surface area contributed by atoms with Crippen molar-refractivity contribution in [3.63, 3.8) is 0 Å². The average molecular weight is 258 g/mol. The second-order valence-corrected chi connectivity index (χ2v) is 5.93. The van der Waals surface area contributed by atoms with Crippen LogP contribution in [0.4, 0.5) is 0 Å². The van der Waals surface area contributed by atoms with E-state index in [1.54, 1.807) is 0 Å². The van der Waals surface area contributed by atoms with Crippen LogP contribution in [0.3, 0.4) is 0 Å². The highest BCUT2D eigenvalue weighted by molar-refractivity contribution is 5.99. The summed E-state index contributed by atoms with van der Waals surface area (Å²) in [7, 11) is 1.45. The molecule has 1 rings (SSSR count). The van der Waals surface area contributed by atoms with Crippen molar-refractivity contribution in [2.45, 2.75) is 52.7 Å². The number of carboxylic acids is 1. The molecule has 0 radical (unpaired) electrons. The fourth-order valence-corrected chi connectivity index (χ4v) is 2.27. The Morgan fingerprint density at radius 3 is 2.06 bits per heavy atom. The zero-order valence-electron chi connectivity index (χ0n) is 11.5. The normalized spacial score (nSPS) is 20.4. The molecule has 1 aliphatic rings. The van der Waals surface area contributed by atoms with Crippen LogP contribution < -0.4 is 0 Å². The maximum absolute atomic E-state index is 12.1. The van der Waals surface area contributed by atoms with Crippen LogP contribution in [0, 0.1) is 10.8 Å². The fraction of sp³-hybridized carbons (Fsp3) is 0.846. The van der Waals surface area contributed by atoms with Gasteiger partial charge in [-0.3, -0.25) is 9.59 Å². The number of ether oxygens (including phenoxy) is 2. The van der Waals surface area contributed by atoms with Crippen molar-refractivity contribution in [2.24, 2.45) is 10.8 Å². The van der Waals surface area contributed by atoms with Gasteiger partial charge in [-0.1, -0.05) is 33.6 Å². The Kier molecular flexibility index (Phi) is 4.37. The second kappa shape index (κ2) is 5.26. The monoisotopic (exact) mass is 258 g/mol. The first kappa shape index (κ1) is 15.0. The van der Waals surface area contributed by atoms with Gasteiger partial charge in [0.15, 0.2) is 5.41 Å². The summed E-state index contributed by atoms with van der Waals surface area (Å²) < 4.78 is 10.4. The highest BCUT2D eigenvalue weighted by Gasteiger charge is 2.51. The number of hydrogen-bond acceptors (Lipinski definition) is 4. The summed E-state index contributed by atoms with van der Waals surface area (Å²) in [6, 6.07) is 0. The van der Waals surface area contributed by atoms with Crippen LogP contribution in [0.25, 0.3) is 0 Å². The molecule has 5 heteroatoms. The summed E-state index contributed by atoms with van der Waals surface area (Å²) in [5.74, 6) is -1.76. The van der Waals surface area contributed by atoms with Crippen LogP contribution in [-0.4, -0.2) is 30.4 Å². The van der Waals surface area contributed by atoms with E-state index < -0.39 is 23.6 Å². The van der Waals surface area contributed by atoms with Gasteiger partial charge in [0, 0.05) is 12.5 Å². The van der Waals surface area contributed by atoms with Crippen LogP contribution in [0.2, 0.25) is 0 Å². The number of carbonyl (C=O) groups is 2. The molecule has 5 nitrogen and oxygen atoms in total. The number of carboxylic acid groups (broad SMARTS) is 1. The molecule has 0 bridgehead atoms. The van der Waals surface area contributed by atoms with Crippen molar-refractivity contribution in [3.8, 4) is 0 Å². The lowest BCUT2D eigenvalue weighted by molar-refractivity contribution is -0.207. The van der Waals surface area contributed by atoms with E-state index in [0.29, 0.717) is 12.8 Å². The second-order valence-electron chi connectivity index (χ2n) is 5.93. The molecule has 18 heavy (non-hydrogen) atoms. The molecule has 1 aliphatic carbocycles. The number of methoxy groups -OCH3 is 1. The van der Waals surface area contributed by atoms with Gasteiger partial charge in [0.2, 0.25) is 6.29 Å². The van der Waals surface area contributed by atoms with Crippen molar-refractivity contribution in [1.29, 1.82) is 0 Å². The predicted molar refractivity (Wildman–Crippen MR) is 64.9 cm³/mol. The lowest BCUT2D eigenvalue weighted by Crippen LogP contribution is -2.43. The first-order chi connectivity index (χ1) is 8.24. The van der Waals surface area contributed by atoms with Crippen LogP contribution in [0.5, 0.6) is 0 Å². The molecule has 1 atom stereocenters. The average Bonchev–Trinajstić information content (AvgIpc) is 2.73. The summed E-state index contributed by atoms with van der Waals surface area (Å²) >= 11 is 0. The molecule has 104 valence electrons. The van der Waals surface area contributed by atoms with Crippen molar-refractivity contribution in [2.75, 3.05) is 7.11 Å². The van der Waals surface area contributed by atoms with E-state index >= 15 is 0 Å². The standard InChI is InChI=1S/C13H22O5/c1-12(2,3)11(17-4)18-10(16)13(9(14)15)7-5-6-8-13/h11H,5-8H2,1-4H3,(H,14,15). The van der Waals surface area contributed by atoms with Gasteiger partial charge in [-0.15, -0.1) is 0 Å². The third-order valence-corrected chi connectivity index (χ3v) is 3.39. The molecule has 1 saturated carbocycles. The Hall–Kier alpha value is -1.10. The molecular formula is C13H22O5. The number of hydrogen-bond donors (Lipinski definition) is 1. The summed E-state index contributed by atoms with van der Waals surface area (Å²) in [5, 5.41) is 9.28. The van der Waals surface area contributed by atoms with E-state index in [1.807, 2.05) is 20.8 Å². The smallest absolute Gasteiger partial charge is 0.325 e. The largest absolute Gasteiger partial charge is 0.480 e. The Labute approximate surface area is 107 Å². The Balaban J connectivity index is 2.83. The van der Waals surface area contributed by atoms with Gasteiger partial charge in [0.1, 0.15) is 0 Å². The number of rotatable bonds is 4. The van der Waals surface area contributed by atoms with E-state index in [1.165, 1.54) is 7.11 Å². The van der Waals surface area contributed by atoms with E-state index in [0.717, 1.165) is 12.8 Å². The summed E-state index contributed by atoms with van der Waals surface area (Å²) in [5.41, 5.74) is -1.76. The Morgan fingerprint density at radius 2 is 1.72 bits per heavy atom. The molecule has 0 heterocycles. The minimum absolute atomic E-state index is 0.349. The van der Waals surface area contributed by atoms with Crippen molar-refractivity contribution >= 4 is 11.9 Å². The van der Waals surface area contributed by atoms with E-state index in [2.05, 4.69) is 0 Å². The molecule has 1 fully saturated rings. The van der Waals surface area contributed by atoms with E-state index in [9.17, 15) is 14.7 Å². The predicted octanol–water partition coefficient (Wildman–Crippen LogP) is 2.19. The third-order valence-electron chi connectivity index (χ3n) is 3.39. The van der Waals surface area contributed by atoms with Gasteiger partial charge in [0.05, 0.1) is 0 Å². The molecule has 0 aromatic carbocycles. The van der Waals surface area contributed by atoms with Gasteiger partial charge in [-0.2, -0.15) is 0 Å². The van der Waals surface area contributed by atoms with Gasteiger partial charge in [-0.25, -0.2) is 0 Å². The molecule has 0 saturated heterocycles. The zero-order chi connectivity index (χ0) is 14.0. The van der Waals surface area contributed by atoms with Gasteiger partial charge < -0.3 is 14.6 Å². The summed E-state index contributed by atoms with van der Waals surface area (Å²) in [4.78, 5) is 23.5. The van der Waals surface area contributed by atoms with Gasteiger partial charge >= 0.3 is 11.9 Å². The highest BCUT2D eigenvalue weighted by atomic mass is 16.7. The molecule has 0 spiro atoms. The van der Waals surface area contributed by atoms with Crippen LogP contribution in [0.1, 0.15) is 46.5 Å². The molecule has 1 N–H and O–H groups in total. The molecule has 0 aliphatic heterocycles.